The molecule has 3 heteroatoms. The van der Waals surface area contributed by atoms with E-state index in [-0.39, 0.29) is 12.6 Å². The lowest BCUT2D eigenvalue weighted by molar-refractivity contribution is 0.0497. The average Bonchev–Trinajstić information content (AvgIpc) is 2.38. The van der Waals surface area contributed by atoms with Crippen LogP contribution in [-0.4, -0.2) is 24.3 Å². The Kier molecular flexibility index (Phi) is 7.07. The minimum Gasteiger partial charge on any atom is -0.462 e. The van der Waals surface area contributed by atoms with Crippen molar-refractivity contribution in [3.05, 3.63) is 35.9 Å². The fraction of sp³-hybridized carbons (Fsp3) is 0.500. The van der Waals surface area contributed by atoms with Crippen molar-refractivity contribution in [2.24, 2.45) is 0 Å². The van der Waals surface area contributed by atoms with Crippen LogP contribution in [-0.2, 0) is 4.74 Å². The number of esters is 1. The second-order valence-corrected chi connectivity index (χ2v) is 3.99. The zero-order valence-corrected chi connectivity index (χ0v) is 10.1. The highest BCUT2D eigenvalue weighted by atomic mass is 16.5. The van der Waals surface area contributed by atoms with E-state index in [1.54, 1.807) is 12.1 Å². The Bertz CT molecular complexity index is 309. The van der Waals surface area contributed by atoms with E-state index in [2.05, 4.69) is 0 Å². The number of hydrogen-bond acceptors (Lipinski definition) is 3. The van der Waals surface area contributed by atoms with Gasteiger partial charge in [0.05, 0.1) is 12.2 Å². The molecule has 0 radical (unpaired) electrons. The third-order valence-electron chi connectivity index (χ3n) is 2.55. The highest BCUT2D eigenvalue weighted by Crippen LogP contribution is 2.05. The van der Waals surface area contributed by atoms with Gasteiger partial charge < -0.3 is 9.84 Å². The van der Waals surface area contributed by atoms with Crippen LogP contribution in [0.2, 0.25) is 0 Å². The minimum atomic E-state index is -0.249. The van der Waals surface area contributed by atoms with Crippen LogP contribution in [0, 0.1) is 0 Å². The van der Waals surface area contributed by atoms with Crippen molar-refractivity contribution in [2.45, 2.75) is 32.1 Å². The normalized spacial score (nSPS) is 10.2. The summed E-state index contributed by atoms with van der Waals surface area (Å²) in [5.41, 5.74) is 0.604. The summed E-state index contributed by atoms with van der Waals surface area (Å²) in [4.78, 5) is 11.5. The van der Waals surface area contributed by atoms with Crippen molar-refractivity contribution in [3.63, 3.8) is 0 Å². The van der Waals surface area contributed by atoms with Gasteiger partial charge in [-0.25, -0.2) is 4.79 Å². The van der Waals surface area contributed by atoms with Crippen LogP contribution in [0.4, 0.5) is 0 Å². The van der Waals surface area contributed by atoms with Gasteiger partial charge in [-0.15, -0.1) is 0 Å². The lowest BCUT2D eigenvalue weighted by atomic mass is 10.1. The summed E-state index contributed by atoms with van der Waals surface area (Å²) in [6.45, 7) is 0.746. The molecule has 0 saturated heterocycles. The summed E-state index contributed by atoms with van der Waals surface area (Å²) in [5.74, 6) is -0.249. The number of rotatable bonds is 8. The Morgan fingerprint density at radius 1 is 1.00 bits per heavy atom. The van der Waals surface area contributed by atoms with E-state index in [0.717, 1.165) is 32.1 Å². The van der Waals surface area contributed by atoms with Crippen LogP contribution in [0.1, 0.15) is 42.5 Å². The number of unbranched alkanes of at least 4 members (excludes halogenated alkanes) is 4. The van der Waals surface area contributed by atoms with Gasteiger partial charge >= 0.3 is 5.97 Å². The van der Waals surface area contributed by atoms with Crippen LogP contribution >= 0.6 is 0 Å². The van der Waals surface area contributed by atoms with E-state index < -0.39 is 0 Å². The fourth-order valence-electron chi connectivity index (χ4n) is 1.57. The number of benzene rings is 1. The summed E-state index contributed by atoms with van der Waals surface area (Å²) in [5, 5.41) is 8.60. The van der Waals surface area contributed by atoms with Crippen molar-refractivity contribution in [1.82, 2.24) is 0 Å². The maximum absolute atomic E-state index is 11.5. The first-order chi connectivity index (χ1) is 8.34. The molecule has 0 aromatic heterocycles. The van der Waals surface area contributed by atoms with Gasteiger partial charge in [0.15, 0.2) is 0 Å². The third-order valence-corrected chi connectivity index (χ3v) is 2.55. The molecule has 0 bridgehead atoms. The molecule has 1 rings (SSSR count). The highest BCUT2D eigenvalue weighted by molar-refractivity contribution is 5.89. The maximum atomic E-state index is 11.5. The summed E-state index contributed by atoms with van der Waals surface area (Å²) >= 11 is 0. The molecule has 1 aromatic carbocycles. The predicted molar refractivity (Wildman–Crippen MR) is 66.9 cm³/mol. The molecule has 0 fully saturated rings. The lowest BCUT2D eigenvalue weighted by Gasteiger charge is -2.04. The van der Waals surface area contributed by atoms with E-state index in [1.165, 1.54) is 0 Å². The molecule has 0 aliphatic heterocycles. The largest absolute Gasteiger partial charge is 0.462 e. The van der Waals surface area contributed by atoms with Crippen LogP contribution < -0.4 is 0 Å². The van der Waals surface area contributed by atoms with Gasteiger partial charge in [0.2, 0.25) is 0 Å². The van der Waals surface area contributed by atoms with Crippen molar-refractivity contribution < 1.29 is 14.6 Å². The van der Waals surface area contributed by atoms with Crippen LogP contribution in [0.5, 0.6) is 0 Å². The number of carbonyl (C=O) groups is 1. The Balaban J connectivity index is 2.05. The molecule has 94 valence electrons. The molecule has 0 heterocycles. The summed E-state index contributed by atoms with van der Waals surface area (Å²) in [6, 6.07) is 9.03. The summed E-state index contributed by atoms with van der Waals surface area (Å²) in [6.07, 6.45) is 4.93. The zero-order valence-electron chi connectivity index (χ0n) is 10.1. The van der Waals surface area contributed by atoms with Crippen molar-refractivity contribution in [1.29, 1.82) is 0 Å². The van der Waals surface area contributed by atoms with Crippen LogP contribution in [0.3, 0.4) is 0 Å². The number of ether oxygens (including phenoxy) is 1. The molecule has 0 spiro atoms. The van der Waals surface area contributed by atoms with Crippen LogP contribution in [0.15, 0.2) is 30.3 Å². The number of hydrogen-bond donors (Lipinski definition) is 1. The summed E-state index contributed by atoms with van der Waals surface area (Å²) in [7, 11) is 0. The smallest absolute Gasteiger partial charge is 0.338 e. The van der Waals surface area contributed by atoms with Gasteiger partial charge in [0.1, 0.15) is 0 Å². The molecule has 0 aliphatic rings. The molecular weight excluding hydrogens is 216 g/mol. The Hall–Kier alpha value is -1.35. The first-order valence-corrected chi connectivity index (χ1v) is 6.17. The van der Waals surface area contributed by atoms with Gasteiger partial charge in [0, 0.05) is 6.61 Å². The van der Waals surface area contributed by atoms with Gasteiger partial charge in [-0.1, -0.05) is 37.5 Å². The summed E-state index contributed by atoms with van der Waals surface area (Å²) < 4.78 is 5.15. The highest BCUT2D eigenvalue weighted by Gasteiger charge is 2.04. The molecule has 3 nitrogen and oxygen atoms in total. The van der Waals surface area contributed by atoms with E-state index >= 15 is 0 Å². The second-order valence-electron chi connectivity index (χ2n) is 3.99. The number of aliphatic hydroxyl groups is 1. The number of carbonyl (C=O) groups excluding carboxylic acids is 1. The van der Waals surface area contributed by atoms with Crippen molar-refractivity contribution in [2.75, 3.05) is 13.2 Å². The van der Waals surface area contributed by atoms with Gasteiger partial charge in [-0.2, -0.15) is 0 Å². The maximum Gasteiger partial charge on any atom is 0.338 e. The first kappa shape index (κ1) is 13.7. The second kappa shape index (κ2) is 8.76. The lowest BCUT2D eigenvalue weighted by Crippen LogP contribution is -2.06. The van der Waals surface area contributed by atoms with Gasteiger partial charge in [0.25, 0.3) is 0 Å². The molecule has 0 unspecified atom stereocenters. The van der Waals surface area contributed by atoms with Gasteiger partial charge in [-0.3, -0.25) is 0 Å². The van der Waals surface area contributed by atoms with Crippen molar-refractivity contribution in [3.8, 4) is 0 Å². The SMILES string of the molecule is O=C(OCCCCCCCO)c1ccccc1. The van der Waals surface area contributed by atoms with E-state index in [9.17, 15) is 4.79 Å². The Morgan fingerprint density at radius 3 is 2.35 bits per heavy atom. The van der Waals surface area contributed by atoms with Gasteiger partial charge in [-0.05, 0) is 25.0 Å². The predicted octanol–water partition coefficient (Wildman–Crippen LogP) is 2.79. The van der Waals surface area contributed by atoms with E-state index in [0.29, 0.717) is 12.2 Å². The average molecular weight is 236 g/mol. The van der Waals surface area contributed by atoms with Crippen LogP contribution in [0.25, 0.3) is 0 Å². The van der Waals surface area contributed by atoms with E-state index in [4.69, 9.17) is 9.84 Å². The Labute approximate surface area is 102 Å². The zero-order chi connectivity index (χ0) is 12.3. The minimum absolute atomic E-state index is 0.249. The molecule has 1 N–H and O–H groups in total. The van der Waals surface area contributed by atoms with E-state index in [1.807, 2.05) is 18.2 Å². The molecular formula is C14H20O3. The molecule has 17 heavy (non-hydrogen) atoms. The monoisotopic (exact) mass is 236 g/mol. The molecule has 0 atom stereocenters. The Morgan fingerprint density at radius 2 is 1.65 bits per heavy atom. The molecule has 1 aromatic rings. The third kappa shape index (κ3) is 6.07. The topological polar surface area (TPSA) is 46.5 Å². The fourth-order valence-corrected chi connectivity index (χ4v) is 1.57. The molecule has 0 amide bonds. The molecule has 0 saturated carbocycles. The molecule has 0 aliphatic carbocycles. The first-order valence-electron chi connectivity index (χ1n) is 6.17. The number of aliphatic hydroxyl groups excluding tert-OH is 1. The standard InChI is InChI=1S/C14H20O3/c15-11-7-2-1-3-8-12-17-14(16)13-9-5-4-6-10-13/h4-6,9-10,15H,1-3,7-8,11-12H2. The van der Waals surface area contributed by atoms with Crippen molar-refractivity contribution >= 4 is 5.97 Å². The quantitative estimate of drug-likeness (QED) is 0.557.